The van der Waals surface area contributed by atoms with Crippen molar-refractivity contribution < 1.29 is 26.3 Å². The lowest BCUT2D eigenvalue weighted by atomic mass is 9.63. The Balaban J connectivity index is 1.63. The van der Waals surface area contributed by atoms with Gasteiger partial charge >= 0.3 is 6.18 Å². The molecule has 0 N–H and O–H groups in total. The fourth-order valence-corrected chi connectivity index (χ4v) is 6.21. The summed E-state index contributed by atoms with van der Waals surface area (Å²) >= 11 is 6.04. The summed E-state index contributed by atoms with van der Waals surface area (Å²) in [6.07, 6.45) is -1.35. The number of alkyl halides is 3. The van der Waals surface area contributed by atoms with Crippen molar-refractivity contribution >= 4 is 21.4 Å². The van der Waals surface area contributed by atoms with Crippen molar-refractivity contribution in [3.63, 3.8) is 0 Å². The van der Waals surface area contributed by atoms with E-state index >= 15 is 0 Å². The second-order valence-electron chi connectivity index (χ2n) is 10.2. The molecule has 5 nitrogen and oxygen atoms in total. The predicted octanol–water partition coefficient (Wildman–Crippen LogP) is 5.42. The number of ether oxygens (including phenoxy) is 1. The van der Waals surface area contributed by atoms with Gasteiger partial charge in [0.1, 0.15) is 0 Å². The Bertz CT molecular complexity index is 1160. The van der Waals surface area contributed by atoms with Crippen molar-refractivity contribution in [3.05, 3.63) is 58.9 Å². The molecule has 4 rings (SSSR count). The molecule has 2 aromatic rings. The van der Waals surface area contributed by atoms with Gasteiger partial charge in [0.15, 0.2) is 15.4 Å². The molecular weight excluding hydrogens is 501 g/mol. The minimum atomic E-state index is -4.50. The summed E-state index contributed by atoms with van der Waals surface area (Å²) in [6.45, 7) is 4.84. The SMILES string of the molecule is CC(C)(c1ccc(Cl)cc1)N1CC[C@@](CCc2ccc(S(C)(=O)=O)cn2)(C2(C(F)(F)F)CCO2)C1. The van der Waals surface area contributed by atoms with Crippen LogP contribution in [0.2, 0.25) is 5.02 Å². The molecule has 0 aliphatic carbocycles. The third-order valence-electron chi connectivity index (χ3n) is 7.90. The highest BCUT2D eigenvalue weighted by atomic mass is 35.5. The fourth-order valence-electron chi connectivity index (χ4n) is 5.52. The zero-order chi connectivity index (χ0) is 25.7. The van der Waals surface area contributed by atoms with Crippen molar-refractivity contribution in [3.8, 4) is 0 Å². The molecule has 10 heteroatoms. The van der Waals surface area contributed by atoms with E-state index in [1.807, 2.05) is 26.0 Å². The molecule has 192 valence electrons. The van der Waals surface area contributed by atoms with Crippen molar-refractivity contribution in [1.82, 2.24) is 9.88 Å². The quantitative estimate of drug-likeness (QED) is 0.478. The molecule has 1 aromatic carbocycles. The van der Waals surface area contributed by atoms with E-state index < -0.39 is 32.6 Å². The predicted molar refractivity (Wildman–Crippen MR) is 128 cm³/mol. The van der Waals surface area contributed by atoms with Crippen LogP contribution in [0, 0.1) is 5.41 Å². The first kappa shape index (κ1) is 26.4. The summed E-state index contributed by atoms with van der Waals surface area (Å²) < 4.78 is 72.4. The molecule has 0 radical (unpaired) electrons. The average Bonchev–Trinajstić information content (AvgIpc) is 3.16. The molecule has 0 spiro atoms. The second kappa shape index (κ2) is 9.01. The van der Waals surface area contributed by atoms with Crippen LogP contribution in [0.5, 0.6) is 0 Å². The van der Waals surface area contributed by atoms with E-state index in [0.717, 1.165) is 11.8 Å². The summed E-state index contributed by atoms with van der Waals surface area (Å²) in [6, 6.07) is 10.4. The number of hydrogen-bond acceptors (Lipinski definition) is 5. The standard InChI is InChI=1S/C25H30ClF3N2O3S/c1-22(2,18-4-6-19(26)7-5-18)31-14-12-23(17-31,24(13-15-34-24)25(27,28)29)11-10-20-8-9-21(16-30-20)35(3,32)33/h4-9,16H,10-15,17H2,1-3H3/t23-,24?/m1/s1. The summed E-state index contributed by atoms with van der Waals surface area (Å²) in [5.41, 5.74) is -2.31. The number of likely N-dealkylation sites (tertiary alicyclic amines) is 1. The van der Waals surface area contributed by atoms with E-state index in [4.69, 9.17) is 16.3 Å². The molecule has 0 amide bonds. The van der Waals surface area contributed by atoms with E-state index in [9.17, 15) is 21.6 Å². The van der Waals surface area contributed by atoms with E-state index in [2.05, 4.69) is 9.88 Å². The molecule has 1 aromatic heterocycles. The number of rotatable bonds is 7. The molecule has 0 saturated carbocycles. The van der Waals surface area contributed by atoms with E-state index in [1.165, 1.54) is 12.3 Å². The monoisotopic (exact) mass is 530 g/mol. The van der Waals surface area contributed by atoms with Gasteiger partial charge in [-0.15, -0.1) is 0 Å². The van der Waals surface area contributed by atoms with Gasteiger partial charge in [-0.25, -0.2) is 8.42 Å². The van der Waals surface area contributed by atoms with Gasteiger partial charge < -0.3 is 4.74 Å². The van der Waals surface area contributed by atoms with Crippen molar-refractivity contribution in [2.24, 2.45) is 5.41 Å². The minimum absolute atomic E-state index is 0.0633. The van der Waals surface area contributed by atoms with Crippen molar-refractivity contribution in [1.29, 1.82) is 0 Å². The van der Waals surface area contributed by atoms with Crippen LogP contribution in [0.25, 0.3) is 0 Å². The summed E-state index contributed by atoms with van der Waals surface area (Å²) in [5.74, 6) is 0. The number of pyridine rings is 1. The second-order valence-corrected chi connectivity index (χ2v) is 12.7. The van der Waals surface area contributed by atoms with Crippen LogP contribution in [-0.2, 0) is 26.5 Å². The molecule has 2 atom stereocenters. The minimum Gasteiger partial charge on any atom is -0.365 e. The van der Waals surface area contributed by atoms with Crippen LogP contribution in [0.3, 0.4) is 0 Å². The molecule has 0 bridgehead atoms. The van der Waals surface area contributed by atoms with Gasteiger partial charge in [0, 0.05) is 47.1 Å². The number of aryl methyl sites for hydroxylation is 1. The Morgan fingerprint density at radius 1 is 1.11 bits per heavy atom. The lowest BCUT2D eigenvalue weighted by Gasteiger charge is -2.55. The molecule has 3 heterocycles. The van der Waals surface area contributed by atoms with Crippen LogP contribution < -0.4 is 0 Å². The van der Waals surface area contributed by atoms with Crippen molar-refractivity contribution in [2.45, 2.75) is 61.7 Å². The molecule has 2 saturated heterocycles. The molecule has 2 aliphatic heterocycles. The number of halogens is 4. The number of sulfone groups is 1. The first-order chi connectivity index (χ1) is 16.2. The maximum atomic E-state index is 14.5. The summed E-state index contributed by atoms with van der Waals surface area (Å²) in [4.78, 5) is 6.41. The third kappa shape index (κ3) is 4.72. The Labute approximate surface area is 209 Å². The van der Waals surface area contributed by atoms with Crippen LogP contribution in [0.1, 0.15) is 44.4 Å². The number of nitrogens with zero attached hydrogens (tertiary/aromatic N) is 2. The van der Waals surface area contributed by atoms with E-state index in [0.29, 0.717) is 30.1 Å². The van der Waals surface area contributed by atoms with E-state index in [1.54, 1.807) is 18.2 Å². The first-order valence-corrected chi connectivity index (χ1v) is 13.8. The third-order valence-corrected chi connectivity index (χ3v) is 9.25. The van der Waals surface area contributed by atoms with Gasteiger partial charge in [-0.1, -0.05) is 23.7 Å². The average molecular weight is 531 g/mol. The molecule has 1 unspecified atom stereocenters. The van der Waals surface area contributed by atoms with Crippen LogP contribution in [-0.4, -0.2) is 56.0 Å². The first-order valence-electron chi connectivity index (χ1n) is 11.6. The Kier molecular flexibility index (Phi) is 6.79. The summed E-state index contributed by atoms with van der Waals surface area (Å²) in [7, 11) is -3.40. The Hall–Kier alpha value is -1.68. The molecule has 2 aliphatic rings. The lowest BCUT2D eigenvalue weighted by molar-refractivity contribution is -0.366. The smallest absolute Gasteiger partial charge is 0.365 e. The largest absolute Gasteiger partial charge is 0.418 e. The van der Waals surface area contributed by atoms with Gasteiger partial charge in [0.2, 0.25) is 0 Å². The zero-order valence-electron chi connectivity index (χ0n) is 20.0. The number of aromatic nitrogens is 1. The highest BCUT2D eigenvalue weighted by Crippen LogP contribution is 2.60. The van der Waals surface area contributed by atoms with Gasteiger partial charge in [-0.3, -0.25) is 9.88 Å². The van der Waals surface area contributed by atoms with Gasteiger partial charge in [0.25, 0.3) is 0 Å². The number of benzene rings is 1. The highest BCUT2D eigenvalue weighted by Gasteiger charge is 2.72. The molecular formula is C25H30ClF3N2O3S. The van der Waals surface area contributed by atoms with Crippen molar-refractivity contribution in [2.75, 3.05) is 26.0 Å². The Morgan fingerprint density at radius 2 is 1.77 bits per heavy atom. The molecule has 35 heavy (non-hydrogen) atoms. The van der Waals surface area contributed by atoms with Crippen LogP contribution in [0.15, 0.2) is 47.5 Å². The van der Waals surface area contributed by atoms with Gasteiger partial charge in [-0.2, -0.15) is 13.2 Å². The van der Waals surface area contributed by atoms with E-state index in [-0.39, 0.29) is 30.9 Å². The normalized spacial score (nSPS) is 26.0. The maximum Gasteiger partial charge on any atom is 0.418 e. The lowest BCUT2D eigenvalue weighted by Crippen LogP contribution is -2.67. The van der Waals surface area contributed by atoms with Gasteiger partial charge in [-0.05, 0) is 69.5 Å². The zero-order valence-corrected chi connectivity index (χ0v) is 21.6. The maximum absolute atomic E-state index is 14.5. The summed E-state index contributed by atoms with van der Waals surface area (Å²) in [5, 5.41) is 0.605. The topological polar surface area (TPSA) is 59.5 Å². The van der Waals surface area contributed by atoms with Crippen LogP contribution in [0.4, 0.5) is 13.2 Å². The number of hydrogen-bond donors (Lipinski definition) is 0. The molecule has 2 fully saturated rings. The highest BCUT2D eigenvalue weighted by molar-refractivity contribution is 7.90. The van der Waals surface area contributed by atoms with Crippen LogP contribution >= 0.6 is 11.6 Å². The fraction of sp³-hybridized carbons (Fsp3) is 0.560. The Morgan fingerprint density at radius 3 is 2.26 bits per heavy atom. The van der Waals surface area contributed by atoms with Gasteiger partial charge in [0.05, 0.1) is 11.5 Å².